The Morgan fingerprint density at radius 3 is 2.68 bits per heavy atom. The molecule has 1 fully saturated rings. The van der Waals surface area contributed by atoms with Gasteiger partial charge in [-0.05, 0) is 36.5 Å². The van der Waals surface area contributed by atoms with Crippen molar-refractivity contribution < 1.29 is 14.4 Å². The number of benzene rings is 2. The van der Waals surface area contributed by atoms with E-state index in [-0.39, 0.29) is 5.60 Å². The fourth-order valence-corrected chi connectivity index (χ4v) is 3.73. The Bertz CT molecular complexity index is 864. The van der Waals surface area contributed by atoms with Crippen molar-refractivity contribution in [1.82, 2.24) is 5.06 Å². The third-order valence-corrected chi connectivity index (χ3v) is 5.28. The Hall–Kier alpha value is -2.64. The van der Waals surface area contributed by atoms with Gasteiger partial charge in [0.2, 0.25) is 0 Å². The summed E-state index contributed by atoms with van der Waals surface area (Å²) in [5.74, 6) is 0.823. The first-order chi connectivity index (χ1) is 13.7. The van der Waals surface area contributed by atoms with Gasteiger partial charge in [0.25, 0.3) is 5.17 Å². The molecule has 2 aromatic rings. The van der Waals surface area contributed by atoms with Crippen molar-refractivity contribution in [3.63, 3.8) is 0 Å². The Labute approximate surface area is 170 Å². The van der Waals surface area contributed by atoms with E-state index in [1.807, 2.05) is 59.7 Å². The number of hydrogen-bond acceptors (Lipinski definition) is 6. The van der Waals surface area contributed by atoms with E-state index >= 15 is 0 Å². The predicted molar refractivity (Wildman–Crippen MR) is 113 cm³/mol. The summed E-state index contributed by atoms with van der Waals surface area (Å²) in [6.45, 7) is 1.47. The minimum atomic E-state index is -0.257. The average molecular weight is 398 g/mol. The quantitative estimate of drug-likeness (QED) is 0.788. The van der Waals surface area contributed by atoms with Crippen LogP contribution in [-0.2, 0) is 9.68 Å². The van der Waals surface area contributed by atoms with E-state index in [0.717, 1.165) is 55.1 Å². The van der Waals surface area contributed by atoms with Gasteiger partial charge in [-0.2, -0.15) is 0 Å². The molecule has 6 nitrogen and oxygen atoms in total. The maximum Gasteiger partial charge on any atom is 0.283 e. The molecule has 0 saturated carbocycles. The number of rotatable bonds is 4. The van der Waals surface area contributed by atoms with Crippen LogP contribution in [0.1, 0.15) is 24.8 Å². The topological polar surface area (TPSA) is 55.3 Å². The molecule has 2 aliphatic heterocycles. The predicted octanol–water partition coefficient (Wildman–Crippen LogP) is 3.98. The molecule has 146 valence electrons. The lowest BCUT2D eigenvalue weighted by Crippen LogP contribution is -2.45. The fourth-order valence-electron chi connectivity index (χ4n) is 3.51. The van der Waals surface area contributed by atoms with Crippen LogP contribution in [0.3, 0.4) is 0 Å². The molecule has 0 amide bonds. The summed E-state index contributed by atoms with van der Waals surface area (Å²) in [6.07, 6.45) is 2.45. The smallest absolute Gasteiger partial charge is 0.283 e. The SMILES string of the molecule is COc1cccc(C2=NOC3(CCN(OC(=S)Nc4ccccc4)CC3)C2)c1. The second-order valence-electron chi connectivity index (χ2n) is 7.02. The van der Waals surface area contributed by atoms with Gasteiger partial charge in [0.05, 0.1) is 12.8 Å². The summed E-state index contributed by atoms with van der Waals surface area (Å²) < 4.78 is 5.31. The van der Waals surface area contributed by atoms with E-state index in [4.69, 9.17) is 26.6 Å². The van der Waals surface area contributed by atoms with Gasteiger partial charge in [0.1, 0.15) is 11.4 Å². The number of hydrogen-bond donors (Lipinski definition) is 1. The molecule has 0 atom stereocenters. The van der Waals surface area contributed by atoms with E-state index in [2.05, 4.69) is 10.5 Å². The molecule has 28 heavy (non-hydrogen) atoms. The van der Waals surface area contributed by atoms with Crippen LogP contribution in [-0.4, -0.2) is 41.7 Å². The van der Waals surface area contributed by atoms with Crippen LogP contribution in [0.15, 0.2) is 59.8 Å². The Morgan fingerprint density at radius 2 is 1.93 bits per heavy atom. The lowest BCUT2D eigenvalue weighted by atomic mass is 9.86. The van der Waals surface area contributed by atoms with Gasteiger partial charge < -0.3 is 19.7 Å². The van der Waals surface area contributed by atoms with E-state index in [1.165, 1.54) is 0 Å². The second kappa shape index (κ2) is 8.16. The molecule has 0 unspecified atom stereocenters. The van der Waals surface area contributed by atoms with Gasteiger partial charge in [-0.3, -0.25) is 0 Å². The van der Waals surface area contributed by atoms with E-state index in [0.29, 0.717) is 5.17 Å². The number of thiocarbonyl (C=S) groups is 1. The third-order valence-electron chi connectivity index (χ3n) is 5.11. The van der Waals surface area contributed by atoms with Crippen molar-refractivity contribution in [2.24, 2.45) is 5.16 Å². The van der Waals surface area contributed by atoms with Gasteiger partial charge in [-0.15, -0.1) is 5.06 Å². The molecule has 1 spiro atoms. The Balaban J connectivity index is 1.29. The molecular formula is C21H23N3O3S. The first-order valence-electron chi connectivity index (χ1n) is 9.34. The fraction of sp³-hybridized carbons (Fsp3) is 0.333. The molecule has 1 saturated heterocycles. The number of ether oxygens (including phenoxy) is 1. The lowest BCUT2D eigenvalue weighted by molar-refractivity contribution is -0.143. The second-order valence-corrected chi connectivity index (χ2v) is 7.39. The van der Waals surface area contributed by atoms with Crippen molar-refractivity contribution in [3.8, 4) is 5.75 Å². The minimum Gasteiger partial charge on any atom is -0.497 e. The van der Waals surface area contributed by atoms with Crippen LogP contribution < -0.4 is 10.1 Å². The van der Waals surface area contributed by atoms with Crippen LogP contribution >= 0.6 is 12.2 Å². The molecule has 0 bridgehead atoms. The molecular weight excluding hydrogens is 374 g/mol. The standard InChI is InChI=1S/C21H23N3O3S/c1-25-18-9-5-6-16(14-18)19-15-21(27-23-19)10-12-24(13-11-21)26-20(28)22-17-7-3-2-4-8-17/h2-9,14H,10-13,15H2,1H3,(H,22,28). The summed E-state index contributed by atoms with van der Waals surface area (Å²) in [5, 5.41) is 9.69. The number of methoxy groups -OCH3 is 1. The highest BCUT2D eigenvalue weighted by Gasteiger charge is 2.43. The van der Waals surface area contributed by atoms with Gasteiger partial charge in [-0.25, -0.2) is 0 Å². The van der Waals surface area contributed by atoms with Gasteiger partial charge in [0.15, 0.2) is 0 Å². The maximum atomic E-state index is 5.89. The summed E-state index contributed by atoms with van der Waals surface area (Å²) in [5.41, 5.74) is 2.67. The number of anilines is 1. The number of piperidine rings is 1. The minimum absolute atomic E-state index is 0.257. The van der Waals surface area contributed by atoms with E-state index in [1.54, 1.807) is 7.11 Å². The van der Waals surface area contributed by atoms with Crippen LogP contribution in [0.4, 0.5) is 5.69 Å². The van der Waals surface area contributed by atoms with Crippen LogP contribution in [0, 0.1) is 0 Å². The number of nitrogens with one attached hydrogen (secondary N) is 1. The first kappa shape index (κ1) is 18.7. The van der Waals surface area contributed by atoms with Crippen molar-refractivity contribution in [2.45, 2.75) is 24.9 Å². The molecule has 0 aliphatic carbocycles. The highest BCUT2D eigenvalue weighted by atomic mass is 32.1. The van der Waals surface area contributed by atoms with Crippen molar-refractivity contribution in [3.05, 3.63) is 60.2 Å². The number of nitrogens with zero attached hydrogens (tertiary/aromatic N) is 2. The monoisotopic (exact) mass is 397 g/mol. The third kappa shape index (κ3) is 4.26. The maximum absolute atomic E-state index is 5.89. The molecule has 2 aromatic carbocycles. The molecule has 2 heterocycles. The molecule has 0 radical (unpaired) electrons. The lowest BCUT2D eigenvalue weighted by Gasteiger charge is -2.36. The zero-order valence-corrected chi connectivity index (χ0v) is 16.6. The highest BCUT2D eigenvalue weighted by molar-refractivity contribution is 7.80. The summed E-state index contributed by atoms with van der Waals surface area (Å²) >= 11 is 5.31. The number of para-hydroxylation sites is 1. The van der Waals surface area contributed by atoms with Gasteiger partial charge >= 0.3 is 0 Å². The van der Waals surface area contributed by atoms with Crippen LogP contribution in [0.5, 0.6) is 5.75 Å². The molecule has 1 N–H and O–H groups in total. The van der Waals surface area contributed by atoms with Crippen molar-refractivity contribution in [1.29, 1.82) is 0 Å². The van der Waals surface area contributed by atoms with Crippen LogP contribution in [0.2, 0.25) is 0 Å². The van der Waals surface area contributed by atoms with E-state index in [9.17, 15) is 0 Å². The molecule has 7 heteroatoms. The van der Waals surface area contributed by atoms with Crippen molar-refractivity contribution in [2.75, 3.05) is 25.5 Å². The van der Waals surface area contributed by atoms with Crippen LogP contribution in [0.25, 0.3) is 0 Å². The Kier molecular flexibility index (Phi) is 5.45. The highest BCUT2D eigenvalue weighted by Crippen LogP contribution is 2.36. The number of oxime groups is 1. The van der Waals surface area contributed by atoms with E-state index < -0.39 is 0 Å². The largest absolute Gasteiger partial charge is 0.497 e. The molecule has 0 aromatic heterocycles. The first-order valence-corrected chi connectivity index (χ1v) is 9.75. The normalized spacial score (nSPS) is 18.2. The summed E-state index contributed by atoms with van der Waals surface area (Å²) in [6, 6.07) is 17.7. The summed E-state index contributed by atoms with van der Waals surface area (Å²) in [7, 11) is 1.67. The molecule has 4 rings (SSSR count). The van der Waals surface area contributed by atoms with Crippen molar-refractivity contribution >= 4 is 28.8 Å². The summed E-state index contributed by atoms with van der Waals surface area (Å²) in [4.78, 5) is 11.7. The van der Waals surface area contributed by atoms with Gasteiger partial charge in [0, 0.05) is 43.6 Å². The zero-order chi connectivity index (χ0) is 19.4. The zero-order valence-electron chi connectivity index (χ0n) is 15.8. The number of hydroxylamine groups is 2. The average Bonchev–Trinajstić information content (AvgIpc) is 3.14. The Morgan fingerprint density at radius 1 is 1.14 bits per heavy atom. The molecule has 2 aliphatic rings. The van der Waals surface area contributed by atoms with Gasteiger partial charge in [-0.1, -0.05) is 35.5 Å².